The summed E-state index contributed by atoms with van der Waals surface area (Å²) in [7, 11) is -3.56. The third-order valence-corrected chi connectivity index (χ3v) is 7.40. The second kappa shape index (κ2) is 9.52. The molecule has 0 aromatic heterocycles. The molecule has 0 aliphatic carbocycles. The minimum Gasteiger partial charge on any atom is -0.372 e. The minimum absolute atomic E-state index is 0.0311. The SMILES string of the molecule is CC1CN(C(=O)c2cccc(NC(=O)c3ccc(NS(=O)(=O)C(C)(C)C)cc3)c2)CC(C)O1. The molecule has 3 rings (SSSR count). The fourth-order valence-corrected chi connectivity index (χ4v) is 4.21. The van der Waals surface area contributed by atoms with Crippen LogP contribution in [0.2, 0.25) is 0 Å². The molecule has 1 fully saturated rings. The summed E-state index contributed by atoms with van der Waals surface area (Å²) >= 11 is 0. The number of hydrogen-bond acceptors (Lipinski definition) is 5. The highest BCUT2D eigenvalue weighted by Crippen LogP contribution is 2.21. The molecule has 8 nitrogen and oxygen atoms in total. The maximum Gasteiger partial charge on any atom is 0.255 e. The molecular formula is C24H31N3O5S. The van der Waals surface area contributed by atoms with Gasteiger partial charge in [-0.05, 0) is 77.1 Å². The predicted octanol–water partition coefficient (Wildman–Crippen LogP) is 3.73. The van der Waals surface area contributed by atoms with E-state index in [1.54, 1.807) is 74.2 Å². The lowest BCUT2D eigenvalue weighted by Crippen LogP contribution is -2.48. The van der Waals surface area contributed by atoms with Gasteiger partial charge in [0.25, 0.3) is 11.8 Å². The van der Waals surface area contributed by atoms with E-state index in [1.165, 1.54) is 0 Å². The van der Waals surface area contributed by atoms with Crippen LogP contribution in [0.4, 0.5) is 11.4 Å². The van der Waals surface area contributed by atoms with Crippen molar-refractivity contribution in [1.82, 2.24) is 4.90 Å². The van der Waals surface area contributed by atoms with Crippen molar-refractivity contribution in [2.45, 2.75) is 51.6 Å². The number of rotatable bonds is 5. The Balaban J connectivity index is 1.68. The third-order valence-electron chi connectivity index (χ3n) is 5.28. The summed E-state index contributed by atoms with van der Waals surface area (Å²) in [5, 5.41) is 2.79. The van der Waals surface area contributed by atoms with Crippen molar-refractivity contribution in [1.29, 1.82) is 0 Å². The summed E-state index contributed by atoms with van der Waals surface area (Å²) < 4.78 is 31.8. The summed E-state index contributed by atoms with van der Waals surface area (Å²) in [6.45, 7) is 9.73. The highest BCUT2D eigenvalue weighted by molar-refractivity contribution is 7.94. The maximum atomic E-state index is 12.9. The first-order valence-electron chi connectivity index (χ1n) is 10.8. The molecule has 2 amide bonds. The first-order valence-corrected chi connectivity index (χ1v) is 12.3. The van der Waals surface area contributed by atoms with Crippen molar-refractivity contribution in [3.63, 3.8) is 0 Å². The Bertz CT molecular complexity index is 1110. The van der Waals surface area contributed by atoms with E-state index in [0.717, 1.165) is 0 Å². The Morgan fingerprint density at radius 3 is 2.12 bits per heavy atom. The molecule has 2 N–H and O–H groups in total. The quantitative estimate of drug-likeness (QED) is 0.689. The molecule has 33 heavy (non-hydrogen) atoms. The number of morpholine rings is 1. The van der Waals surface area contributed by atoms with Gasteiger partial charge in [0, 0.05) is 35.6 Å². The van der Waals surface area contributed by atoms with Crippen molar-refractivity contribution in [3.05, 3.63) is 59.7 Å². The summed E-state index contributed by atoms with van der Waals surface area (Å²) in [4.78, 5) is 27.4. The van der Waals surface area contributed by atoms with Gasteiger partial charge in [-0.1, -0.05) is 6.07 Å². The zero-order valence-electron chi connectivity index (χ0n) is 19.6. The average Bonchev–Trinajstić information content (AvgIpc) is 2.72. The van der Waals surface area contributed by atoms with Gasteiger partial charge in [0.2, 0.25) is 10.0 Å². The number of carbonyl (C=O) groups is 2. The van der Waals surface area contributed by atoms with Crippen molar-refractivity contribution in [3.8, 4) is 0 Å². The van der Waals surface area contributed by atoms with Crippen LogP contribution in [0.25, 0.3) is 0 Å². The Labute approximate surface area is 195 Å². The van der Waals surface area contributed by atoms with Crippen LogP contribution in [0.3, 0.4) is 0 Å². The largest absolute Gasteiger partial charge is 0.372 e. The van der Waals surface area contributed by atoms with Crippen LogP contribution in [0.1, 0.15) is 55.3 Å². The van der Waals surface area contributed by atoms with Gasteiger partial charge >= 0.3 is 0 Å². The highest BCUT2D eigenvalue weighted by Gasteiger charge is 2.29. The molecule has 178 valence electrons. The second-order valence-electron chi connectivity index (χ2n) is 9.30. The third kappa shape index (κ3) is 6.11. The summed E-state index contributed by atoms with van der Waals surface area (Å²) in [5.41, 5.74) is 1.73. The van der Waals surface area contributed by atoms with E-state index >= 15 is 0 Å². The maximum absolute atomic E-state index is 12.9. The molecule has 2 aromatic rings. The minimum atomic E-state index is -3.56. The first kappa shape index (κ1) is 24.7. The van der Waals surface area contributed by atoms with Crippen LogP contribution in [0.5, 0.6) is 0 Å². The van der Waals surface area contributed by atoms with Crippen LogP contribution in [-0.2, 0) is 14.8 Å². The molecule has 2 unspecified atom stereocenters. The summed E-state index contributed by atoms with van der Waals surface area (Å²) in [6, 6.07) is 13.0. The van der Waals surface area contributed by atoms with E-state index in [-0.39, 0.29) is 24.0 Å². The van der Waals surface area contributed by atoms with E-state index in [0.29, 0.717) is 35.6 Å². The zero-order valence-corrected chi connectivity index (χ0v) is 20.4. The Morgan fingerprint density at radius 1 is 0.939 bits per heavy atom. The number of sulfonamides is 1. The van der Waals surface area contributed by atoms with Crippen molar-refractivity contribution in [2.24, 2.45) is 0 Å². The van der Waals surface area contributed by atoms with Crippen LogP contribution in [-0.4, -0.2) is 55.2 Å². The fraction of sp³-hybridized carbons (Fsp3) is 0.417. The number of ether oxygens (including phenoxy) is 1. The monoisotopic (exact) mass is 473 g/mol. The van der Waals surface area contributed by atoms with Gasteiger partial charge in [-0.3, -0.25) is 14.3 Å². The Hall–Kier alpha value is -2.91. The van der Waals surface area contributed by atoms with E-state index in [2.05, 4.69) is 10.0 Å². The van der Waals surface area contributed by atoms with E-state index in [4.69, 9.17) is 4.74 Å². The predicted molar refractivity (Wildman–Crippen MR) is 129 cm³/mol. The second-order valence-corrected chi connectivity index (χ2v) is 11.7. The molecule has 1 saturated heterocycles. The number of benzene rings is 2. The van der Waals surface area contributed by atoms with Gasteiger partial charge in [0.15, 0.2) is 0 Å². The van der Waals surface area contributed by atoms with Gasteiger partial charge < -0.3 is 15.0 Å². The van der Waals surface area contributed by atoms with Crippen LogP contribution in [0, 0.1) is 0 Å². The van der Waals surface area contributed by atoms with E-state index in [9.17, 15) is 18.0 Å². The molecule has 0 saturated carbocycles. The van der Waals surface area contributed by atoms with E-state index < -0.39 is 14.8 Å². The number of hydrogen-bond donors (Lipinski definition) is 2. The number of nitrogens with one attached hydrogen (secondary N) is 2. The molecule has 2 aromatic carbocycles. The number of amides is 2. The van der Waals surface area contributed by atoms with Gasteiger partial charge in [-0.25, -0.2) is 8.42 Å². The lowest BCUT2D eigenvalue weighted by atomic mass is 10.1. The van der Waals surface area contributed by atoms with Crippen LogP contribution < -0.4 is 10.0 Å². The average molecular weight is 474 g/mol. The highest BCUT2D eigenvalue weighted by atomic mass is 32.2. The molecule has 9 heteroatoms. The molecule has 2 atom stereocenters. The molecule has 0 spiro atoms. The van der Waals surface area contributed by atoms with Gasteiger partial charge in [-0.15, -0.1) is 0 Å². The van der Waals surface area contributed by atoms with Gasteiger partial charge in [0.1, 0.15) is 0 Å². The number of carbonyl (C=O) groups excluding carboxylic acids is 2. The Kier molecular flexibility index (Phi) is 7.14. The van der Waals surface area contributed by atoms with Crippen molar-refractivity contribution < 1.29 is 22.7 Å². The van der Waals surface area contributed by atoms with Crippen LogP contribution >= 0.6 is 0 Å². The van der Waals surface area contributed by atoms with Gasteiger partial charge in [0.05, 0.1) is 17.0 Å². The molecule has 1 aliphatic heterocycles. The lowest BCUT2D eigenvalue weighted by molar-refractivity contribution is -0.0586. The van der Waals surface area contributed by atoms with E-state index in [1.807, 2.05) is 13.8 Å². The molecule has 0 radical (unpaired) electrons. The van der Waals surface area contributed by atoms with Crippen molar-refractivity contribution in [2.75, 3.05) is 23.1 Å². The summed E-state index contributed by atoms with van der Waals surface area (Å²) in [5.74, 6) is -0.470. The van der Waals surface area contributed by atoms with Gasteiger partial charge in [-0.2, -0.15) is 0 Å². The number of anilines is 2. The standard InChI is InChI=1S/C24H31N3O5S/c1-16-14-27(15-17(2)32-16)23(29)19-7-6-8-21(13-19)25-22(28)18-9-11-20(12-10-18)26-33(30,31)24(3,4)5/h6-13,16-17,26H,14-15H2,1-5H3,(H,25,28). The smallest absolute Gasteiger partial charge is 0.255 e. The molecular weight excluding hydrogens is 442 g/mol. The fourth-order valence-electron chi connectivity index (χ4n) is 3.46. The topological polar surface area (TPSA) is 105 Å². The first-order chi connectivity index (χ1) is 15.4. The normalized spacial score (nSPS) is 19.1. The molecule has 1 heterocycles. The Morgan fingerprint density at radius 2 is 1.55 bits per heavy atom. The van der Waals surface area contributed by atoms with Crippen LogP contribution in [0.15, 0.2) is 48.5 Å². The molecule has 1 aliphatic rings. The van der Waals surface area contributed by atoms with Crippen molar-refractivity contribution >= 4 is 33.2 Å². The molecule has 0 bridgehead atoms. The number of nitrogens with zero attached hydrogens (tertiary/aromatic N) is 1. The zero-order chi connectivity index (χ0) is 24.4. The lowest BCUT2D eigenvalue weighted by Gasteiger charge is -2.35. The summed E-state index contributed by atoms with van der Waals surface area (Å²) in [6.07, 6.45) is -0.0622.